The number of hydrogen-bond donors (Lipinski definition) is 2. The number of aromatic nitrogens is 1. The number of likely N-dealkylation sites (tertiary alicyclic amines) is 1. The van der Waals surface area contributed by atoms with Gasteiger partial charge in [-0.1, -0.05) is 23.7 Å². The number of halogens is 1. The van der Waals surface area contributed by atoms with Crippen LogP contribution in [-0.2, 0) is 11.2 Å². The summed E-state index contributed by atoms with van der Waals surface area (Å²) in [6.07, 6.45) is 6.93. The van der Waals surface area contributed by atoms with E-state index in [0.717, 1.165) is 48.9 Å². The molecule has 0 radical (unpaired) electrons. The zero-order chi connectivity index (χ0) is 19.5. The molecule has 146 valence electrons. The van der Waals surface area contributed by atoms with E-state index in [1.165, 1.54) is 0 Å². The van der Waals surface area contributed by atoms with E-state index < -0.39 is 0 Å². The largest absolute Gasteiger partial charge is 0.326 e. The Morgan fingerprint density at radius 2 is 2.07 bits per heavy atom. The number of urea groups is 1. The van der Waals surface area contributed by atoms with Crippen LogP contribution in [0.4, 0.5) is 16.2 Å². The summed E-state index contributed by atoms with van der Waals surface area (Å²) in [6, 6.07) is 9.27. The van der Waals surface area contributed by atoms with Crippen molar-refractivity contribution in [2.75, 3.05) is 17.2 Å². The molecule has 0 saturated carbocycles. The Kier molecular flexibility index (Phi) is 5.48. The van der Waals surface area contributed by atoms with Gasteiger partial charge in [0.15, 0.2) is 0 Å². The van der Waals surface area contributed by atoms with E-state index in [2.05, 4.69) is 15.6 Å². The van der Waals surface area contributed by atoms with Crippen molar-refractivity contribution in [2.45, 2.75) is 44.6 Å². The van der Waals surface area contributed by atoms with Gasteiger partial charge in [-0.15, -0.1) is 0 Å². The normalized spacial score (nSPS) is 19.4. The van der Waals surface area contributed by atoms with Crippen LogP contribution in [0, 0.1) is 0 Å². The minimum absolute atomic E-state index is 0.0148. The van der Waals surface area contributed by atoms with Gasteiger partial charge >= 0.3 is 6.03 Å². The van der Waals surface area contributed by atoms with Gasteiger partial charge < -0.3 is 15.5 Å². The van der Waals surface area contributed by atoms with Gasteiger partial charge in [-0.3, -0.25) is 4.79 Å². The second-order valence-electron chi connectivity index (χ2n) is 7.32. The first-order chi connectivity index (χ1) is 13.6. The Balaban J connectivity index is 1.52. The summed E-state index contributed by atoms with van der Waals surface area (Å²) in [4.78, 5) is 30.9. The smallest absolute Gasteiger partial charge is 0.322 e. The molecule has 2 aliphatic rings. The molecule has 1 aromatic carbocycles. The number of amides is 3. The number of nitrogens with zero attached hydrogens (tertiary/aromatic N) is 2. The van der Waals surface area contributed by atoms with Crippen LogP contribution in [0.5, 0.6) is 0 Å². The Morgan fingerprint density at radius 3 is 2.89 bits per heavy atom. The van der Waals surface area contributed by atoms with Crippen molar-refractivity contribution >= 4 is 34.9 Å². The van der Waals surface area contributed by atoms with E-state index in [-0.39, 0.29) is 18.0 Å². The summed E-state index contributed by atoms with van der Waals surface area (Å²) >= 11 is 5.90. The predicted octanol–water partition coefficient (Wildman–Crippen LogP) is 4.77. The number of fused-ring (bicyclic) bond motifs is 1. The number of carbonyl (C=O) groups excluding carboxylic acids is 2. The average Bonchev–Trinajstić information content (AvgIpc) is 2.88. The standard InChI is InChI=1S/C21H23ClN4O2/c22-19-10-8-15(13-23-19)18-5-1-2-11-26(18)21(28)24-16-9-7-14-4-3-6-20(27)25-17(14)12-16/h7-10,12-13,18H,1-6,11H2,(H,24,28)(H,25,27). The van der Waals surface area contributed by atoms with Crippen molar-refractivity contribution in [1.29, 1.82) is 0 Å². The van der Waals surface area contributed by atoms with Crippen molar-refractivity contribution < 1.29 is 9.59 Å². The van der Waals surface area contributed by atoms with Crippen molar-refractivity contribution in [2.24, 2.45) is 0 Å². The van der Waals surface area contributed by atoms with E-state index in [1.54, 1.807) is 12.3 Å². The molecule has 1 unspecified atom stereocenters. The summed E-state index contributed by atoms with van der Waals surface area (Å²) in [5, 5.41) is 6.38. The van der Waals surface area contributed by atoms with E-state index in [1.807, 2.05) is 29.2 Å². The molecule has 0 aliphatic carbocycles. The Labute approximate surface area is 169 Å². The lowest BCUT2D eigenvalue weighted by molar-refractivity contribution is -0.116. The maximum Gasteiger partial charge on any atom is 0.322 e. The molecule has 1 saturated heterocycles. The number of piperidine rings is 1. The quantitative estimate of drug-likeness (QED) is 0.715. The summed E-state index contributed by atoms with van der Waals surface area (Å²) in [7, 11) is 0. The first-order valence-electron chi connectivity index (χ1n) is 9.72. The highest BCUT2D eigenvalue weighted by Gasteiger charge is 2.28. The molecule has 3 heterocycles. The fourth-order valence-electron chi connectivity index (χ4n) is 3.94. The number of nitrogens with one attached hydrogen (secondary N) is 2. The van der Waals surface area contributed by atoms with Crippen molar-refractivity contribution in [3.8, 4) is 0 Å². The van der Waals surface area contributed by atoms with Gasteiger partial charge in [0.1, 0.15) is 5.15 Å². The minimum atomic E-state index is -0.139. The van der Waals surface area contributed by atoms with Gasteiger partial charge in [0.05, 0.1) is 6.04 Å². The summed E-state index contributed by atoms with van der Waals surface area (Å²) < 4.78 is 0. The van der Waals surface area contributed by atoms with Crippen molar-refractivity contribution in [1.82, 2.24) is 9.88 Å². The van der Waals surface area contributed by atoms with E-state index in [9.17, 15) is 9.59 Å². The van der Waals surface area contributed by atoms with Gasteiger partial charge in [-0.05, 0) is 61.4 Å². The number of pyridine rings is 1. The van der Waals surface area contributed by atoms with Crippen molar-refractivity contribution in [3.05, 3.63) is 52.8 Å². The molecule has 2 aliphatic heterocycles. The van der Waals surface area contributed by atoms with Crippen LogP contribution < -0.4 is 10.6 Å². The fraction of sp³-hybridized carbons (Fsp3) is 0.381. The van der Waals surface area contributed by atoms with E-state index in [4.69, 9.17) is 11.6 Å². The van der Waals surface area contributed by atoms with Gasteiger partial charge in [-0.25, -0.2) is 9.78 Å². The molecule has 1 fully saturated rings. The zero-order valence-electron chi connectivity index (χ0n) is 15.6. The second kappa shape index (κ2) is 8.19. The molecule has 3 amide bonds. The van der Waals surface area contributed by atoms with Gasteiger partial charge in [0.2, 0.25) is 5.91 Å². The minimum Gasteiger partial charge on any atom is -0.326 e. The molecule has 0 spiro atoms. The topological polar surface area (TPSA) is 74.3 Å². The van der Waals surface area contributed by atoms with Crippen LogP contribution >= 0.6 is 11.6 Å². The number of benzene rings is 1. The highest BCUT2D eigenvalue weighted by molar-refractivity contribution is 6.29. The molecule has 28 heavy (non-hydrogen) atoms. The zero-order valence-corrected chi connectivity index (χ0v) is 16.3. The Morgan fingerprint density at radius 1 is 1.18 bits per heavy atom. The number of aryl methyl sites for hydroxylation is 1. The van der Waals surface area contributed by atoms with Crippen LogP contribution in [0.3, 0.4) is 0 Å². The summed E-state index contributed by atoms with van der Waals surface area (Å²) in [6.45, 7) is 0.695. The third kappa shape index (κ3) is 4.12. The highest BCUT2D eigenvalue weighted by Crippen LogP contribution is 2.32. The van der Waals surface area contributed by atoms with E-state index >= 15 is 0 Å². The molecule has 1 atom stereocenters. The summed E-state index contributed by atoms with van der Waals surface area (Å²) in [5.41, 5.74) is 3.57. The van der Waals surface area contributed by atoms with Crippen LogP contribution in [0.25, 0.3) is 0 Å². The predicted molar refractivity (Wildman–Crippen MR) is 110 cm³/mol. The lowest BCUT2D eigenvalue weighted by Crippen LogP contribution is -2.41. The molecular formula is C21H23ClN4O2. The molecular weight excluding hydrogens is 376 g/mol. The van der Waals surface area contributed by atoms with E-state index in [0.29, 0.717) is 23.8 Å². The Bertz CT molecular complexity index is 884. The van der Waals surface area contributed by atoms with Crippen LogP contribution in [-0.4, -0.2) is 28.4 Å². The second-order valence-corrected chi connectivity index (χ2v) is 7.71. The Hall–Kier alpha value is -2.60. The monoisotopic (exact) mass is 398 g/mol. The van der Waals surface area contributed by atoms with Crippen LogP contribution in [0.2, 0.25) is 5.15 Å². The first-order valence-corrected chi connectivity index (χ1v) is 10.1. The van der Waals surface area contributed by atoms with Gasteiger partial charge in [-0.2, -0.15) is 0 Å². The molecule has 0 bridgehead atoms. The van der Waals surface area contributed by atoms with Crippen LogP contribution in [0.1, 0.15) is 49.3 Å². The summed E-state index contributed by atoms with van der Waals surface area (Å²) in [5.74, 6) is 0.0218. The molecule has 2 N–H and O–H groups in total. The molecule has 4 rings (SSSR count). The number of rotatable bonds is 2. The molecule has 7 heteroatoms. The lowest BCUT2D eigenvalue weighted by Gasteiger charge is -2.36. The number of anilines is 2. The number of hydrogen-bond acceptors (Lipinski definition) is 3. The maximum absolute atomic E-state index is 13.0. The SMILES string of the molecule is O=C1CCCc2ccc(NC(=O)N3CCCCC3c3ccc(Cl)nc3)cc2N1. The van der Waals surface area contributed by atoms with Gasteiger partial charge in [0.25, 0.3) is 0 Å². The lowest BCUT2D eigenvalue weighted by atomic mass is 9.97. The maximum atomic E-state index is 13.0. The third-order valence-corrected chi connectivity index (χ3v) is 5.61. The molecule has 2 aromatic rings. The van der Waals surface area contributed by atoms with Gasteiger partial charge in [0, 0.05) is 30.5 Å². The first kappa shape index (κ1) is 18.7. The van der Waals surface area contributed by atoms with Crippen LogP contribution in [0.15, 0.2) is 36.5 Å². The molecule has 1 aromatic heterocycles. The highest BCUT2D eigenvalue weighted by atomic mass is 35.5. The fourth-order valence-corrected chi connectivity index (χ4v) is 4.05. The number of carbonyl (C=O) groups is 2. The molecule has 6 nitrogen and oxygen atoms in total. The average molecular weight is 399 g/mol. The van der Waals surface area contributed by atoms with Crippen molar-refractivity contribution in [3.63, 3.8) is 0 Å². The third-order valence-electron chi connectivity index (χ3n) is 5.38.